The summed E-state index contributed by atoms with van der Waals surface area (Å²) in [7, 11) is 0. The molecule has 0 bridgehead atoms. The highest BCUT2D eigenvalue weighted by Gasteiger charge is 2.26. The first kappa shape index (κ1) is 13.5. The number of nitrogens with one attached hydrogen (secondary N) is 2. The fourth-order valence-electron chi connectivity index (χ4n) is 0.723. The second-order valence-corrected chi connectivity index (χ2v) is 3.55. The molecule has 5 heteroatoms. The van der Waals surface area contributed by atoms with Crippen LogP contribution in [-0.2, 0) is 4.79 Å². The molecule has 0 heterocycles. The van der Waals surface area contributed by atoms with E-state index in [0.29, 0.717) is 18.8 Å². The SMILES string of the molecule is CC(=N)NCCC#CCC(C)(N)C(=O)O. The summed E-state index contributed by atoms with van der Waals surface area (Å²) in [5.74, 6) is 4.86. The molecule has 0 aliphatic carbocycles. The lowest BCUT2D eigenvalue weighted by atomic mass is 10.0. The van der Waals surface area contributed by atoms with E-state index in [1.807, 2.05) is 0 Å². The Hall–Kier alpha value is -1.54. The zero-order valence-electron chi connectivity index (χ0n) is 9.05. The molecule has 0 aromatic rings. The van der Waals surface area contributed by atoms with Gasteiger partial charge in [0.15, 0.2) is 0 Å². The van der Waals surface area contributed by atoms with Gasteiger partial charge in [0.2, 0.25) is 0 Å². The molecule has 0 radical (unpaired) electrons. The molecule has 5 nitrogen and oxygen atoms in total. The molecular formula is C10H17N3O2. The fraction of sp³-hybridized carbons (Fsp3) is 0.600. The molecule has 84 valence electrons. The summed E-state index contributed by atoms with van der Waals surface area (Å²) in [6, 6.07) is 0. The van der Waals surface area contributed by atoms with Crippen LogP contribution in [0.2, 0.25) is 0 Å². The van der Waals surface area contributed by atoms with Crippen LogP contribution < -0.4 is 11.1 Å². The smallest absolute Gasteiger partial charge is 0.324 e. The van der Waals surface area contributed by atoms with Crippen molar-refractivity contribution in [1.82, 2.24) is 5.32 Å². The van der Waals surface area contributed by atoms with Gasteiger partial charge < -0.3 is 16.2 Å². The van der Waals surface area contributed by atoms with Crippen molar-refractivity contribution in [3.8, 4) is 11.8 Å². The maximum Gasteiger partial charge on any atom is 0.324 e. The summed E-state index contributed by atoms with van der Waals surface area (Å²) in [4.78, 5) is 10.6. The number of hydrogen-bond acceptors (Lipinski definition) is 3. The van der Waals surface area contributed by atoms with Gasteiger partial charge in [-0.2, -0.15) is 0 Å². The second-order valence-electron chi connectivity index (χ2n) is 3.55. The van der Waals surface area contributed by atoms with Gasteiger partial charge in [0.25, 0.3) is 0 Å². The highest BCUT2D eigenvalue weighted by Crippen LogP contribution is 2.03. The van der Waals surface area contributed by atoms with Crippen LogP contribution in [0.3, 0.4) is 0 Å². The van der Waals surface area contributed by atoms with E-state index in [1.165, 1.54) is 6.92 Å². The van der Waals surface area contributed by atoms with Crippen LogP contribution in [0.15, 0.2) is 0 Å². The molecule has 0 saturated carbocycles. The first-order valence-electron chi connectivity index (χ1n) is 4.63. The Bertz CT molecular complexity index is 300. The van der Waals surface area contributed by atoms with Crippen LogP contribution in [0.1, 0.15) is 26.7 Å². The Balaban J connectivity index is 3.81. The Morgan fingerprint density at radius 3 is 2.67 bits per heavy atom. The largest absolute Gasteiger partial charge is 0.480 e. The Morgan fingerprint density at radius 1 is 1.60 bits per heavy atom. The van der Waals surface area contributed by atoms with Crippen LogP contribution >= 0.6 is 0 Å². The predicted molar refractivity (Wildman–Crippen MR) is 58.6 cm³/mol. The number of hydrogen-bond donors (Lipinski definition) is 4. The van der Waals surface area contributed by atoms with E-state index in [9.17, 15) is 4.79 Å². The lowest BCUT2D eigenvalue weighted by Gasteiger charge is -2.14. The summed E-state index contributed by atoms with van der Waals surface area (Å²) >= 11 is 0. The summed E-state index contributed by atoms with van der Waals surface area (Å²) in [5, 5.41) is 18.6. The quantitative estimate of drug-likeness (QED) is 0.230. The summed E-state index contributed by atoms with van der Waals surface area (Å²) in [6.45, 7) is 3.68. The monoisotopic (exact) mass is 211 g/mol. The van der Waals surface area contributed by atoms with Gasteiger partial charge in [-0.3, -0.25) is 10.2 Å². The van der Waals surface area contributed by atoms with Crippen molar-refractivity contribution in [2.24, 2.45) is 5.73 Å². The van der Waals surface area contributed by atoms with Gasteiger partial charge in [-0.25, -0.2) is 0 Å². The molecule has 1 atom stereocenters. The van der Waals surface area contributed by atoms with Gasteiger partial charge in [-0.1, -0.05) is 0 Å². The van der Waals surface area contributed by atoms with E-state index in [-0.39, 0.29) is 6.42 Å². The number of aliphatic carboxylic acids is 1. The van der Waals surface area contributed by atoms with Gasteiger partial charge in [-0.05, 0) is 13.8 Å². The minimum atomic E-state index is -1.28. The third-order valence-electron chi connectivity index (χ3n) is 1.71. The highest BCUT2D eigenvalue weighted by molar-refractivity contribution is 5.78. The molecule has 5 N–H and O–H groups in total. The zero-order chi connectivity index (χ0) is 11.9. The number of carboxylic acids is 1. The van der Waals surface area contributed by atoms with Gasteiger partial charge in [0.05, 0.1) is 5.84 Å². The van der Waals surface area contributed by atoms with E-state index in [0.717, 1.165) is 0 Å². The minimum absolute atomic E-state index is 0.131. The number of carboxylic acid groups (broad SMARTS) is 1. The van der Waals surface area contributed by atoms with Crippen molar-refractivity contribution in [1.29, 1.82) is 5.41 Å². The van der Waals surface area contributed by atoms with Crippen molar-refractivity contribution < 1.29 is 9.90 Å². The van der Waals surface area contributed by atoms with Crippen molar-refractivity contribution in [3.63, 3.8) is 0 Å². The third kappa shape index (κ3) is 6.52. The van der Waals surface area contributed by atoms with Gasteiger partial charge in [-0.15, -0.1) is 11.8 Å². The van der Waals surface area contributed by atoms with Gasteiger partial charge in [0.1, 0.15) is 5.54 Å². The summed E-state index contributed by atoms with van der Waals surface area (Å²) in [6.07, 6.45) is 0.706. The van der Waals surface area contributed by atoms with Crippen LogP contribution in [0.4, 0.5) is 0 Å². The normalized spacial score (nSPS) is 13.3. The molecule has 0 aromatic heterocycles. The van der Waals surface area contributed by atoms with Crippen LogP contribution in [0.25, 0.3) is 0 Å². The average molecular weight is 211 g/mol. The van der Waals surface area contributed by atoms with E-state index < -0.39 is 11.5 Å². The van der Waals surface area contributed by atoms with Crippen molar-refractivity contribution >= 4 is 11.8 Å². The van der Waals surface area contributed by atoms with E-state index >= 15 is 0 Å². The number of rotatable bonds is 4. The average Bonchev–Trinajstić information content (AvgIpc) is 2.10. The molecule has 0 amide bonds. The minimum Gasteiger partial charge on any atom is -0.480 e. The van der Waals surface area contributed by atoms with Gasteiger partial charge >= 0.3 is 5.97 Å². The van der Waals surface area contributed by atoms with Crippen LogP contribution in [0, 0.1) is 17.3 Å². The summed E-state index contributed by atoms with van der Waals surface area (Å²) < 4.78 is 0. The van der Waals surface area contributed by atoms with Crippen LogP contribution in [-0.4, -0.2) is 29.0 Å². The molecule has 0 aliphatic rings. The fourth-order valence-corrected chi connectivity index (χ4v) is 0.723. The maximum absolute atomic E-state index is 10.6. The van der Waals surface area contributed by atoms with Crippen molar-refractivity contribution in [3.05, 3.63) is 0 Å². The summed E-state index contributed by atoms with van der Waals surface area (Å²) in [5.41, 5.74) is 4.19. The number of amidine groups is 1. The second kappa shape index (κ2) is 6.04. The molecule has 15 heavy (non-hydrogen) atoms. The molecule has 0 saturated heterocycles. The van der Waals surface area contributed by atoms with Crippen molar-refractivity contribution in [2.45, 2.75) is 32.2 Å². The van der Waals surface area contributed by atoms with Crippen molar-refractivity contribution in [2.75, 3.05) is 6.54 Å². The molecule has 0 spiro atoms. The molecule has 1 unspecified atom stereocenters. The Kier molecular flexibility index (Phi) is 5.42. The van der Waals surface area contributed by atoms with Gasteiger partial charge in [0, 0.05) is 19.4 Å². The maximum atomic E-state index is 10.6. The first-order chi connectivity index (χ1) is 6.86. The highest BCUT2D eigenvalue weighted by atomic mass is 16.4. The van der Waals surface area contributed by atoms with E-state index in [2.05, 4.69) is 17.2 Å². The third-order valence-corrected chi connectivity index (χ3v) is 1.71. The molecule has 0 aliphatic heterocycles. The molecular weight excluding hydrogens is 194 g/mol. The lowest BCUT2D eigenvalue weighted by molar-refractivity contribution is -0.142. The topological polar surface area (TPSA) is 99.2 Å². The lowest BCUT2D eigenvalue weighted by Crippen LogP contribution is -2.44. The molecule has 0 fully saturated rings. The molecule has 0 aromatic carbocycles. The first-order valence-corrected chi connectivity index (χ1v) is 4.63. The predicted octanol–water partition coefficient (Wildman–Crippen LogP) is 0.159. The van der Waals surface area contributed by atoms with E-state index in [4.69, 9.17) is 16.2 Å². The number of nitrogens with two attached hydrogens (primary N) is 1. The Labute approximate surface area is 89.6 Å². The Morgan fingerprint density at radius 2 is 2.20 bits per heavy atom. The standard InChI is InChI=1S/C10H17N3O2/c1-8(11)13-7-5-3-4-6-10(2,12)9(14)15/h5-7,12H2,1-2H3,(H2,11,13)(H,14,15). The molecule has 0 rings (SSSR count). The van der Waals surface area contributed by atoms with Crippen LogP contribution in [0.5, 0.6) is 0 Å². The number of carbonyl (C=O) groups is 1. The van der Waals surface area contributed by atoms with E-state index in [1.54, 1.807) is 6.92 Å². The zero-order valence-corrected chi connectivity index (χ0v) is 9.05.